The van der Waals surface area contributed by atoms with Gasteiger partial charge in [0.05, 0.1) is 0 Å². The molecule has 2 aromatic carbocycles. The molecule has 0 spiro atoms. The van der Waals surface area contributed by atoms with Crippen LogP contribution in [0, 0.1) is 17.6 Å². The topological polar surface area (TPSA) is 20.3 Å². The minimum atomic E-state index is -0.593. The molecule has 2 atom stereocenters. The number of likely N-dealkylation sites (tertiary alicyclic amines) is 1. The maximum atomic E-state index is 14.1. The second-order valence-electron chi connectivity index (χ2n) is 6.17. The first-order chi connectivity index (χ1) is 11.0. The fourth-order valence-corrected chi connectivity index (χ4v) is 3.39. The Morgan fingerprint density at radius 2 is 1.87 bits per heavy atom. The molecule has 23 heavy (non-hydrogen) atoms. The fourth-order valence-electron chi connectivity index (χ4n) is 3.39. The van der Waals surface area contributed by atoms with Crippen molar-refractivity contribution in [1.82, 2.24) is 4.90 Å². The van der Waals surface area contributed by atoms with Crippen molar-refractivity contribution in [2.24, 2.45) is 5.92 Å². The number of rotatable bonds is 4. The van der Waals surface area contributed by atoms with Crippen LogP contribution in [0.3, 0.4) is 0 Å². The highest BCUT2D eigenvalue weighted by molar-refractivity contribution is 5.80. The summed E-state index contributed by atoms with van der Waals surface area (Å²) in [5.74, 6) is -1.59. The summed E-state index contributed by atoms with van der Waals surface area (Å²) in [6, 6.07) is 13.6. The molecule has 3 rings (SSSR count). The zero-order chi connectivity index (χ0) is 16.4. The summed E-state index contributed by atoms with van der Waals surface area (Å²) >= 11 is 0. The van der Waals surface area contributed by atoms with E-state index in [1.54, 1.807) is 6.92 Å². The maximum absolute atomic E-state index is 14.1. The van der Waals surface area contributed by atoms with Crippen molar-refractivity contribution in [3.63, 3.8) is 0 Å². The average molecular weight is 315 g/mol. The molecule has 0 aromatic heterocycles. The minimum Gasteiger partial charge on any atom is -0.300 e. The van der Waals surface area contributed by atoms with Crippen molar-refractivity contribution in [3.05, 3.63) is 71.3 Å². The number of Topliss-reactive ketones (excluding diaryl/α,β-unsaturated/α-hetero) is 1. The van der Waals surface area contributed by atoms with Crippen molar-refractivity contribution < 1.29 is 13.6 Å². The van der Waals surface area contributed by atoms with Gasteiger partial charge in [-0.15, -0.1) is 0 Å². The first kappa shape index (κ1) is 15.8. The van der Waals surface area contributed by atoms with Crippen molar-refractivity contribution in [3.8, 4) is 0 Å². The van der Waals surface area contributed by atoms with Crippen LogP contribution in [0.1, 0.15) is 24.0 Å². The lowest BCUT2D eigenvalue weighted by Gasteiger charge is -2.17. The molecule has 120 valence electrons. The lowest BCUT2D eigenvalue weighted by atomic mass is 9.86. The van der Waals surface area contributed by atoms with E-state index in [2.05, 4.69) is 4.90 Å². The first-order valence-corrected chi connectivity index (χ1v) is 7.76. The van der Waals surface area contributed by atoms with Crippen LogP contribution in [0.25, 0.3) is 0 Å². The van der Waals surface area contributed by atoms with Gasteiger partial charge in [-0.3, -0.25) is 9.69 Å². The van der Waals surface area contributed by atoms with Gasteiger partial charge < -0.3 is 0 Å². The first-order valence-electron chi connectivity index (χ1n) is 7.76. The van der Waals surface area contributed by atoms with E-state index in [-0.39, 0.29) is 17.6 Å². The zero-order valence-electron chi connectivity index (χ0n) is 13.0. The van der Waals surface area contributed by atoms with E-state index < -0.39 is 11.6 Å². The zero-order valence-corrected chi connectivity index (χ0v) is 13.0. The Morgan fingerprint density at radius 1 is 1.13 bits per heavy atom. The van der Waals surface area contributed by atoms with E-state index in [4.69, 9.17) is 0 Å². The Bertz CT molecular complexity index is 702. The third kappa shape index (κ3) is 3.48. The van der Waals surface area contributed by atoms with Crippen LogP contribution in [-0.2, 0) is 11.3 Å². The van der Waals surface area contributed by atoms with Gasteiger partial charge in [-0.25, -0.2) is 8.78 Å². The summed E-state index contributed by atoms with van der Waals surface area (Å²) in [5.41, 5.74) is 1.59. The number of carbonyl (C=O) groups is 1. The number of nitrogens with zero attached hydrogens (tertiary/aromatic N) is 1. The molecule has 0 amide bonds. The monoisotopic (exact) mass is 315 g/mol. The van der Waals surface area contributed by atoms with E-state index in [9.17, 15) is 13.6 Å². The summed E-state index contributed by atoms with van der Waals surface area (Å²) in [7, 11) is 0. The lowest BCUT2D eigenvalue weighted by molar-refractivity contribution is -0.120. The number of hydrogen-bond acceptors (Lipinski definition) is 2. The SMILES string of the molecule is CC(=O)[C@@H]1CN(Cc2ccccc2)C[C@@H]1c1ccc(F)cc1F. The molecule has 1 saturated heterocycles. The van der Waals surface area contributed by atoms with Crippen LogP contribution in [0.15, 0.2) is 48.5 Å². The highest BCUT2D eigenvalue weighted by Gasteiger charge is 2.37. The summed E-state index contributed by atoms with van der Waals surface area (Å²) in [4.78, 5) is 14.1. The fraction of sp³-hybridized carbons (Fsp3) is 0.316. The van der Waals surface area contributed by atoms with E-state index in [0.29, 0.717) is 18.7 Å². The molecule has 0 N–H and O–H groups in total. The Balaban J connectivity index is 1.83. The molecular formula is C19H19F2NO. The lowest BCUT2D eigenvalue weighted by Crippen LogP contribution is -2.22. The van der Waals surface area contributed by atoms with Crippen molar-refractivity contribution in [2.75, 3.05) is 13.1 Å². The van der Waals surface area contributed by atoms with Crippen LogP contribution >= 0.6 is 0 Å². The molecule has 0 bridgehead atoms. The van der Waals surface area contributed by atoms with Crippen molar-refractivity contribution in [2.45, 2.75) is 19.4 Å². The van der Waals surface area contributed by atoms with Gasteiger partial charge in [0.15, 0.2) is 0 Å². The number of benzene rings is 2. The molecule has 1 fully saturated rings. The quantitative estimate of drug-likeness (QED) is 0.856. The van der Waals surface area contributed by atoms with Crippen LogP contribution in [0.4, 0.5) is 8.78 Å². The molecule has 2 aromatic rings. The van der Waals surface area contributed by atoms with Gasteiger partial charge >= 0.3 is 0 Å². The standard InChI is InChI=1S/C19H19F2NO/c1-13(23)17-11-22(10-14-5-3-2-4-6-14)12-18(17)16-8-7-15(20)9-19(16)21/h2-9,17-18H,10-12H2,1H3/t17-,18+/m0/s1. The summed E-state index contributed by atoms with van der Waals surface area (Å²) in [5, 5.41) is 0. The summed E-state index contributed by atoms with van der Waals surface area (Å²) in [6.07, 6.45) is 0. The molecule has 1 aliphatic rings. The smallest absolute Gasteiger partial charge is 0.134 e. The largest absolute Gasteiger partial charge is 0.300 e. The van der Waals surface area contributed by atoms with E-state index in [1.165, 1.54) is 12.1 Å². The summed E-state index contributed by atoms with van der Waals surface area (Å²) in [6.45, 7) is 3.47. The summed E-state index contributed by atoms with van der Waals surface area (Å²) < 4.78 is 27.3. The second-order valence-corrected chi connectivity index (χ2v) is 6.17. The Morgan fingerprint density at radius 3 is 2.52 bits per heavy atom. The normalized spacial score (nSPS) is 21.5. The molecule has 2 nitrogen and oxygen atoms in total. The Hall–Kier alpha value is -2.07. The van der Waals surface area contributed by atoms with Crippen LogP contribution in [0.2, 0.25) is 0 Å². The van der Waals surface area contributed by atoms with Gasteiger partial charge in [0.1, 0.15) is 17.4 Å². The predicted molar refractivity (Wildman–Crippen MR) is 85.0 cm³/mol. The number of hydrogen-bond donors (Lipinski definition) is 0. The molecule has 0 unspecified atom stereocenters. The molecule has 0 saturated carbocycles. The number of carbonyl (C=O) groups excluding carboxylic acids is 1. The van der Waals surface area contributed by atoms with Gasteiger partial charge in [-0.05, 0) is 24.1 Å². The van der Waals surface area contributed by atoms with Gasteiger partial charge in [0, 0.05) is 37.5 Å². The van der Waals surface area contributed by atoms with E-state index >= 15 is 0 Å². The van der Waals surface area contributed by atoms with Gasteiger partial charge in [0.25, 0.3) is 0 Å². The van der Waals surface area contributed by atoms with Gasteiger partial charge in [-0.1, -0.05) is 36.4 Å². The highest BCUT2D eigenvalue weighted by atomic mass is 19.1. The average Bonchev–Trinajstić information content (AvgIpc) is 2.92. The third-order valence-electron chi connectivity index (χ3n) is 4.53. The molecule has 0 radical (unpaired) electrons. The molecule has 1 heterocycles. The third-order valence-corrected chi connectivity index (χ3v) is 4.53. The molecule has 0 aliphatic carbocycles. The van der Waals surface area contributed by atoms with Crippen molar-refractivity contribution >= 4 is 5.78 Å². The number of halogens is 2. The predicted octanol–water partition coefficient (Wildman–Crippen LogP) is 3.77. The van der Waals surface area contributed by atoms with E-state index in [0.717, 1.165) is 18.2 Å². The molecule has 4 heteroatoms. The van der Waals surface area contributed by atoms with Gasteiger partial charge in [0.2, 0.25) is 0 Å². The molecular weight excluding hydrogens is 296 g/mol. The highest BCUT2D eigenvalue weighted by Crippen LogP contribution is 2.35. The molecule has 1 aliphatic heterocycles. The van der Waals surface area contributed by atoms with E-state index in [1.807, 2.05) is 30.3 Å². The van der Waals surface area contributed by atoms with Crippen LogP contribution < -0.4 is 0 Å². The van der Waals surface area contributed by atoms with Gasteiger partial charge in [-0.2, -0.15) is 0 Å². The number of ketones is 1. The Kier molecular flexibility index (Phi) is 4.53. The van der Waals surface area contributed by atoms with Crippen LogP contribution in [0.5, 0.6) is 0 Å². The maximum Gasteiger partial charge on any atom is 0.134 e. The second kappa shape index (κ2) is 6.59. The minimum absolute atomic E-state index is 0.0503. The van der Waals surface area contributed by atoms with Crippen molar-refractivity contribution in [1.29, 1.82) is 0 Å². The Labute approximate surface area is 134 Å². The van der Waals surface area contributed by atoms with Crippen LogP contribution in [-0.4, -0.2) is 23.8 Å².